The van der Waals surface area contributed by atoms with E-state index in [0.717, 1.165) is 0 Å². The number of hydrogen-bond acceptors (Lipinski definition) is 5. The van der Waals surface area contributed by atoms with Crippen molar-refractivity contribution >= 4 is 17.9 Å². The zero-order valence-electron chi connectivity index (χ0n) is 26.8. The van der Waals surface area contributed by atoms with Crippen molar-refractivity contribution in [2.75, 3.05) is 13.1 Å². The molecule has 2 aromatic rings. The molecule has 2 rings (SSSR count). The first kappa shape index (κ1) is 37.1. The summed E-state index contributed by atoms with van der Waals surface area (Å²) < 4.78 is 34.0. The van der Waals surface area contributed by atoms with Gasteiger partial charge in [-0.25, -0.2) is 13.6 Å². The molecule has 43 heavy (non-hydrogen) atoms. The van der Waals surface area contributed by atoms with Crippen molar-refractivity contribution in [1.29, 1.82) is 0 Å². The SMILES string of the molecule is CC(C)(C)NC(=O)c1ccn(C/C(=C/F)CN)c1.CC(C)(C)NC(=O)c1ccn(C/C(=C/F)CNC(=O)OC(C)(C)C)c1. The Morgan fingerprint density at radius 3 is 1.56 bits per heavy atom. The number of carbonyl (C=O) groups is 3. The van der Waals surface area contributed by atoms with Gasteiger partial charge in [-0.15, -0.1) is 0 Å². The van der Waals surface area contributed by atoms with E-state index >= 15 is 0 Å². The van der Waals surface area contributed by atoms with E-state index in [-0.39, 0.29) is 42.5 Å². The van der Waals surface area contributed by atoms with Crippen molar-refractivity contribution in [3.8, 4) is 0 Å². The molecule has 240 valence electrons. The smallest absolute Gasteiger partial charge is 0.407 e. The summed E-state index contributed by atoms with van der Waals surface area (Å²) in [4.78, 5) is 35.6. The quantitative estimate of drug-likeness (QED) is 0.311. The number of nitrogens with two attached hydrogens (primary N) is 1. The minimum atomic E-state index is -0.612. The van der Waals surface area contributed by atoms with Crippen LogP contribution in [0.15, 0.2) is 60.7 Å². The van der Waals surface area contributed by atoms with E-state index < -0.39 is 11.7 Å². The van der Waals surface area contributed by atoms with E-state index in [2.05, 4.69) is 16.0 Å². The van der Waals surface area contributed by atoms with Gasteiger partial charge in [0.25, 0.3) is 11.8 Å². The number of aromatic nitrogens is 2. The van der Waals surface area contributed by atoms with Crippen LogP contribution in [-0.2, 0) is 17.8 Å². The van der Waals surface area contributed by atoms with Crippen LogP contribution in [0.25, 0.3) is 0 Å². The van der Waals surface area contributed by atoms with Crippen molar-refractivity contribution < 1.29 is 27.9 Å². The zero-order chi connectivity index (χ0) is 33.0. The molecule has 0 unspecified atom stereocenters. The molecule has 2 heterocycles. The molecular formula is C31H48F2N6O4. The number of ether oxygens (including phenoxy) is 1. The molecule has 0 spiro atoms. The molecule has 0 aliphatic rings. The van der Waals surface area contributed by atoms with Crippen LogP contribution in [-0.4, -0.2) is 56.8 Å². The molecule has 0 saturated heterocycles. The first-order valence-corrected chi connectivity index (χ1v) is 13.9. The van der Waals surface area contributed by atoms with Gasteiger partial charge in [0.15, 0.2) is 0 Å². The summed E-state index contributed by atoms with van der Waals surface area (Å²) in [5, 5.41) is 8.24. The lowest BCUT2D eigenvalue weighted by atomic mass is 10.1. The molecular weight excluding hydrogens is 558 g/mol. The van der Waals surface area contributed by atoms with Gasteiger partial charge in [-0.3, -0.25) is 9.59 Å². The number of amides is 3. The number of hydrogen-bond donors (Lipinski definition) is 4. The Labute approximate surface area is 253 Å². The van der Waals surface area contributed by atoms with Crippen LogP contribution in [0.3, 0.4) is 0 Å². The highest BCUT2D eigenvalue weighted by Gasteiger charge is 2.18. The molecule has 5 N–H and O–H groups in total. The van der Waals surface area contributed by atoms with Crippen molar-refractivity contribution in [2.24, 2.45) is 5.73 Å². The lowest BCUT2D eigenvalue weighted by Crippen LogP contribution is -2.40. The van der Waals surface area contributed by atoms with Gasteiger partial charge in [-0.1, -0.05) is 0 Å². The van der Waals surface area contributed by atoms with Gasteiger partial charge in [0.2, 0.25) is 0 Å². The highest BCUT2D eigenvalue weighted by atomic mass is 19.1. The molecule has 0 aliphatic carbocycles. The molecule has 0 fully saturated rings. The van der Waals surface area contributed by atoms with Gasteiger partial charge in [0, 0.05) is 62.0 Å². The molecule has 0 bridgehead atoms. The summed E-state index contributed by atoms with van der Waals surface area (Å²) in [5.74, 6) is -0.330. The Hall–Kier alpha value is -3.93. The average Bonchev–Trinajstić information content (AvgIpc) is 3.52. The van der Waals surface area contributed by atoms with Gasteiger partial charge in [0.1, 0.15) is 5.60 Å². The summed E-state index contributed by atoms with van der Waals surface area (Å²) in [5.41, 5.74) is 6.04. The van der Waals surface area contributed by atoms with E-state index in [1.165, 1.54) is 0 Å². The third-order valence-electron chi connectivity index (χ3n) is 5.20. The molecule has 2 aromatic heterocycles. The maximum Gasteiger partial charge on any atom is 0.407 e. The van der Waals surface area contributed by atoms with Crippen LogP contribution < -0.4 is 21.7 Å². The summed E-state index contributed by atoms with van der Waals surface area (Å²) in [6.45, 7) is 17.5. The molecule has 0 aliphatic heterocycles. The monoisotopic (exact) mass is 606 g/mol. The fourth-order valence-corrected chi connectivity index (χ4v) is 3.41. The fourth-order valence-electron chi connectivity index (χ4n) is 3.41. The van der Waals surface area contributed by atoms with Crippen LogP contribution in [0.1, 0.15) is 83.0 Å². The molecule has 10 nitrogen and oxygen atoms in total. The summed E-state index contributed by atoms with van der Waals surface area (Å²) in [6, 6.07) is 3.37. The van der Waals surface area contributed by atoms with Crippen LogP contribution in [0.2, 0.25) is 0 Å². The molecule has 0 atom stereocenters. The number of nitrogens with one attached hydrogen (secondary N) is 3. The molecule has 0 radical (unpaired) electrons. The van der Waals surface area contributed by atoms with E-state index in [4.69, 9.17) is 10.5 Å². The van der Waals surface area contributed by atoms with E-state index in [0.29, 0.717) is 41.5 Å². The minimum Gasteiger partial charge on any atom is -0.444 e. The maximum absolute atomic E-state index is 13.1. The summed E-state index contributed by atoms with van der Waals surface area (Å²) >= 11 is 0. The molecule has 12 heteroatoms. The van der Waals surface area contributed by atoms with Gasteiger partial charge in [0.05, 0.1) is 23.8 Å². The molecule has 0 saturated carbocycles. The first-order chi connectivity index (χ1) is 19.7. The third-order valence-corrected chi connectivity index (χ3v) is 5.20. The van der Waals surface area contributed by atoms with Gasteiger partial charge in [-0.2, -0.15) is 0 Å². The number of nitrogens with zero attached hydrogens (tertiary/aromatic N) is 2. The van der Waals surface area contributed by atoms with E-state index in [1.54, 1.807) is 66.8 Å². The Balaban J connectivity index is 0.000000453. The largest absolute Gasteiger partial charge is 0.444 e. The maximum atomic E-state index is 13.1. The fraction of sp³-hybridized carbons (Fsp3) is 0.516. The zero-order valence-corrected chi connectivity index (χ0v) is 26.8. The number of halogens is 2. The van der Waals surface area contributed by atoms with Crippen LogP contribution in [0, 0.1) is 0 Å². The highest BCUT2D eigenvalue weighted by Crippen LogP contribution is 2.10. The lowest BCUT2D eigenvalue weighted by molar-refractivity contribution is 0.0531. The van der Waals surface area contributed by atoms with Crippen LogP contribution >= 0.6 is 0 Å². The lowest BCUT2D eigenvalue weighted by Gasteiger charge is -2.20. The van der Waals surface area contributed by atoms with Crippen molar-refractivity contribution in [3.63, 3.8) is 0 Å². The number of rotatable bonds is 9. The number of alkyl carbamates (subject to hydrolysis) is 1. The van der Waals surface area contributed by atoms with Crippen molar-refractivity contribution in [2.45, 2.75) is 92.1 Å². The summed E-state index contributed by atoms with van der Waals surface area (Å²) in [7, 11) is 0. The predicted molar refractivity (Wildman–Crippen MR) is 165 cm³/mol. The standard InChI is InChI=1S/C18H28FN3O3.C13H20FN3O/c1-17(2,3)21-15(23)14-7-8-22(12-14)11-13(9-19)10-20-16(24)25-18(4,5)6;1-13(2,3)16-12(18)11-4-5-17(9-11)8-10(6-14)7-15/h7-9,12H,10-11H2,1-6H3,(H,20,24)(H,21,23);4-6,9H,7-8,15H2,1-3H3,(H,16,18)/b13-9+;10-6+. The Kier molecular flexibility index (Phi) is 13.9. The topological polar surface area (TPSA) is 132 Å². The predicted octanol–water partition coefficient (Wildman–Crippen LogP) is 5.22. The Bertz CT molecular complexity index is 1270. The van der Waals surface area contributed by atoms with Gasteiger partial charge >= 0.3 is 6.09 Å². The summed E-state index contributed by atoms with van der Waals surface area (Å²) in [6.07, 6.45) is 7.09. The second-order valence-electron chi connectivity index (χ2n) is 13.1. The second-order valence-corrected chi connectivity index (χ2v) is 13.1. The number of carbonyl (C=O) groups excluding carboxylic acids is 3. The van der Waals surface area contributed by atoms with E-state index in [9.17, 15) is 23.2 Å². The average molecular weight is 607 g/mol. The Morgan fingerprint density at radius 1 is 0.791 bits per heavy atom. The normalized spacial score (nSPS) is 12.7. The minimum absolute atomic E-state index is 0.0209. The van der Waals surface area contributed by atoms with Crippen LogP contribution in [0.5, 0.6) is 0 Å². The van der Waals surface area contributed by atoms with Crippen LogP contribution in [0.4, 0.5) is 13.6 Å². The Morgan fingerprint density at radius 2 is 1.21 bits per heavy atom. The molecule has 3 amide bonds. The first-order valence-electron chi connectivity index (χ1n) is 13.9. The third kappa shape index (κ3) is 15.8. The van der Waals surface area contributed by atoms with Crippen molar-refractivity contribution in [1.82, 2.24) is 25.1 Å². The van der Waals surface area contributed by atoms with Crippen molar-refractivity contribution in [3.05, 3.63) is 71.9 Å². The molecule has 0 aromatic carbocycles. The highest BCUT2D eigenvalue weighted by molar-refractivity contribution is 5.95. The van der Waals surface area contributed by atoms with Gasteiger partial charge < -0.3 is 35.6 Å². The van der Waals surface area contributed by atoms with Gasteiger partial charge in [-0.05, 0) is 85.6 Å². The van der Waals surface area contributed by atoms with E-state index in [1.807, 2.05) is 41.5 Å². The second kappa shape index (κ2) is 16.1.